The molecule has 1 atom stereocenters. The van der Waals surface area contributed by atoms with Crippen molar-refractivity contribution in [2.24, 2.45) is 0 Å². The standard InChI is InChI=1S/C3H7BrO2.Na.H/c1-2(4)3(5)6;;/h2-3,5-6H,1H3;;/q;+1;-1. The first-order chi connectivity index (χ1) is 2.64. The Bertz CT molecular complexity index is 38.3. The van der Waals surface area contributed by atoms with Gasteiger partial charge in [0.15, 0.2) is 6.29 Å². The Balaban J connectivity index is -0.000000125. The average molecular weight is 179 g/mol. The third-order valence-corrected chi connectivity index (χ3v) is 0.884. The van der Waals surface area contributed by atoms with Crippen molar-refractivity contribution >= 4 is 15.9 Å². The molecule has 0 aromatic heterocycles. The SMILES string of the molecule is CC(Br)C(O)O.[H-].[Na+]. The Hall–Kier alpha value is 1.40. The normalized spacial score (nSPS) is 13.3. The maximum Gasteiger partial charge on any atom is 1.00 e. The van der Waals surface area contributed by atoms with Crippen LogP contribution in [0.4, 0.5) is 0 Å². The molecule has 0 fully saturated rings. The zero-order chi connectivity index (χ0) is 5.15. The third kappa shape index (κ3) is 7.40. The van der Waals surface area contributed by atoms with Gasteiger partial charge < -0.3 is 11.6 Å². The van der Waals surface area contributed by atoms with Gasteiger partial charge in [0.05, 0.1) is 4.83 Å². The zero-order valence-electron chi connectivity index (χ0n) is 5.43. The van der Waals surface area contributed by atoms with E-state index in [1.54, 1.807) is 6.92 Å². The number of alkyl halides is 1. The van der Waals surface area contributed by atoms with Crippen LogP contribution in [0.3, 0.4) is 0 Å². The molecule has 40 valence electrons. The number of aliphatic hydroxyl groups is 2. The monoisotopic (exact) mass is 178 g/mol. The van der Waals surface area contributed by atoms with Crippen molar-refractivity contribution in [3.63, 3.8) is 0 Å². The summed E-state index contributed by atoms with van der Waals surface area (Å²) in [6.45, 7) is 1.66. The van der Waals surface area contributed by atoms with E-state index in [1.807, 2.05) is 0 Å². The Morgan fingerprint density at radius 1 is 1.57 bits per heavy atom. The fourth-order valence-corrected chi connectivity index (χ4v) is 0. The van der Waals surface area contributed by atoms with Gasteiger partial charge in [-0.1, -0.05) is 15.9 Å². The molecule has 0 radical (unpaired) electrons. The summed E-state index contributed by atoms with van der Waals surface area (Å²) in [5.41, 5.74) is 0. The van der Waals surface area contributed by atoms with Crippen molar-refractivity contribution < 1.29 is 41.2 Å². The molecule has 0 bridgehead atoms. The van der Waals surface area contributed by atoms with Gasteiger partial charge in [0.25, 0.3) is 0 Å². The van der Waals surface area contributed by atoms with Gasteiger partial charge >= 0.3 is 29.6 Å². The van der Waals surface area contributed by atoms with Gasteiger partial charge in [0.1, 0.15) is 0 Å². The molecule has 7 heavy (non-hydrogen) atoms. The molecule has 0 saturated carbocycles. The number of rotatable bonds is 1. The van der Waals surface area contributed by atoms with Crippen LogP contribution in [0.25, 0.3) is 0 Å². The summed E-state index contributed by atoms with van der Waals surface area (Å²) in [4.78, 5) is -0.225. The van der Waals surface area contributed by atoms with Gasteiger partial charge in [0.2, 0.25) is 0 Å². The summed E-state index contributed by atoms with van der Waals surface area (Å²) >= 11 is 2.94. The Labute approximate surface area is 74.8 Å². The van der Waals surface area contributed by atoms with E-state index in [9.17, 15) is 0 Å². The number of hydrogen-bond acceptors (Lipinski definition) is 2. The van der Waals surface area contributed by atoms with Gasteiger partial charge in [-0.25, -0.2) is 0 Å². The Kier molecular flexibility index (Phi) is 8.88. The maximum absolute atomic E-state index is 8.14. The van der Waals surface area contributed by atoms with Crippen molar-refractivity contribution in [2.45, 2.75) is 18.0 Å². The fourth-order valence-electron chi connectivity index (χ4n) is 0. The number of halogens is 1. The van der Waals surface area contributed by atoms with Crippen molar-refractivity contribution in [3.05, 3.63) is 0 Å². The van der Waals surface area contributed by atoms with Gasteiger partial charge in [0, 0.05) is 0 Å². The number of hydrogen-bond donors (Lipinski definition) is 2. The molecular weight excluding hydrogens is 171 g/mol. The summed E-state index contributed by atoms with van der Waals surface area (Å²) in [5, 5.41) is 16.3. The van der Waals surface area contributed by atoms with Gasteiger partial charge in [-0.3, -0.25) is 0 Å². The van der Waals surface area contributed by atoms with E-state index in [1.165, 1.54) is 0 Å². The molecule has 2 N–H and O–H groups in total. The van der Waals surface area contributed by atoms with E-state index in [4.69, 9.17) is 10.2 Å². The summed E-state index contributed by atoms with van der Waals surface area (Å²) in [7, 11) is 0. The molecular formula is C3H8BrNaO2. The van der Waals surface area contributed by atoms with Crippen LogP contribution in [-0.4, -0.2) is 21.3 Å². The van der Waals surface area contributed by atoms with Crippen LogP contribution in [-0.2, 0) is 0 Å². The molecule has 0 aliphatic carbocycles. The van der Waals surface area contributed by atoms with Gasteiger partial charge in [-0.05, 0) is 6.92 Å². The second kappa shape index (κ2) is 5.54. The Morgan fingerprint density at radius 3 is 1.71 bits per heavy atom. The first kappa shape index (κ1) is 11.2. The van der Waals surface area contributed by atoms with Crippen LogP contribution >= 0.6 is 15.9 Å². The van der Waals surface area contributed by atoms with Gasteiger partial charge in [-0.15, -0.1) is 0 Å². The van der Waals surface area contributed by atoms with E-state index in [0.29, 0.717) is 0 Å². The quantitative estimate of drug-likeness (QED) is 0.259. The van der Waals surface area contributed by atoms with Crippen LogP contribution in [0.1, 0.15) is 8.35 Å². The average Bonchev–Trinajstić information content (AvgIpc) is 1.36. The second-order valence-corrected chi connectivity index (χ2v) is 2.54. The number of aliphatic hydroxyl groups excluding tert-OH is 1. The largest absolute Gasteiger partial charge is 1.00 e. The van der Waals surface area contributed by atoms with Crippen molar-refractivity contribution in [1.29, 1.82) is 0 Å². The first-order valence-corrected chi connectivity index (χ1v) is 2.56. The first-order valence-electron chi connectivity index (χ1n) is 1.65. The van der Waals surface area contributed by atoms with E-state index < -0.39 is 6.29 Å². The molecule has 1 unspecified atom stereocenters. The van der Waals surface area contributed by atoms with Gasteiger partial charge in [-0.2, -0.15) is 0 Å². The van der Waals surface area contributed by atoms with Crippen LogP contribution in [0.5, 0.6) is 0 Å². The second-order valence-electron chi connectivity index (χ2n) is 1.09. The molecule has 0 spiro atoms. The molecule has 0 amide bonds. The smallest absolute Gasteiger partial charge is 1.00 e. The molecule has 2 nitrogen and oxygen atoms in total. The molecule has 0 heterocycles. The molecule has 0 saturated heterocycles. The van der Waals surface area contributed by atoms with E-state index >= 15 is 0 Å². The molecule has 0 aliphatic heterocycles. The van der Waals surface area contributed by atoms with Crippen LogP contribution in [0.15, 0.2) is 0 Å². The molecule has 0 aromatic rings. The summed E-state index contributed by atoms with van der Waals surface area (Å²) in [5.74, 6) is 0. The predicted octanol–water partition coefficient (Wildman–Crippen LogP) is -2.80. The fraction of sp³-hybridized carbons (Fsp3) is 1.00. The van der Waals surface area contributed by atoms with Crippen molar-refractivity contribution in [2.75, 3.05) is 0 Å². The summed E-state index contributed by atoms with van der Waals surface area (Å²) < 4.78 is 0. The minimum Gasteiger partial charge on any atom is -1.00 e. The molecule has 0 rings (SSSR count). The third-order valence-electron chi connectivity index (χ3n) is 0.411. The summed E-state index contributed by atoms with van der Waals surface area (Å²) in [6, 6.07) is 0. The maximum atomic E-state index is 8.14. The van der Waals surface area contributed by atoms with E-state index in [2.05, 4.69) is 15.9 Å². The minimum atomic E-state index is -1.23. The van der Waals surface area contributed by atoms with Crippen molar-refractivity contribution in [3.8, 4) is 0 Å². The zero-order valence-corrected chi connectivity index (χ0v) is 8.01. The van der Waals surface area contributed by atoms with E-state index in [0.717, 1.165) is 0 Å². The van der Waals surface area contributed by atoms with Crippen molar-refractivity contribution in [1.82, 2.24) is 0 Å². The minimum absolute atomic E-state index is 0. The van der Waals surface area contributed by atoms with E-state index in [-0.39, 0.29) is 35.8 Å². The molecule has 0 aliphatic rings. The van der Waals surface area contributed by atoms with Crippen LogP contribution < -0.4 is 29.6 Å². The topological polar surface area (TPSA) is 40.5 Å². The molecule has 4 heteroatoms. The predicted molar refractivity (Wildman–Crippen MR) is 27.7 cm³/mol. The van der Waals surface area contributed by atoms with Crippen LogP contribution in [0.2, 0.25) is 0 Å². The summed E-state index contributed by atoms with van der Waals surface area (Å²) in [6.07, 6.45) is -1.23. The molecule has 0 aromatic carbocycles. The van der Waals surface area contributed by atoms with Crippen LogP contribution in [0, 0.1) is 0 Å². The Morgan fingerprint density at radius 2 is 1.71 bits per heavy atom.